The summed E-state index contributed by atoms with van der Waals surface area (Å²) in [6.07, 6.45) is 2.56. The van der Waals surface area contributed by atoms with Crippen LogP contribution in [0.3, 0.4) is 0 Å². The Morgan fingerprint density at radius 2 is 2.00 bits per heavy atom. The van der Waals surface area contributed by atoms with Gasteiger partial charge in [0, 0.05) is 13.1 Å². The first kappa shape index (κ1) is 13.5. The SMILES string of the molecule is CC[C@H](N)c1ccc(N(C)c2ccccc2F)cn1. The first-order valence-corrected chi connectivity index (χ1v) is 6.33. The summed E-state index contributed by atoms with van der Waals surface area (Å²) >= 11 is 0. The van der Waals surface area contributed by atoms with Crippen molar-refractivity contribution in [2.75, 3.05) is 11.9 Å². The van der Waals surface area contributed by atoms with E-state index in [1.165, 1.54) is 6.07 Å². The number of para-hydroxylation sites is 1. The highest BCUT2D eigenvalue weighted by atomic mass is 19.1. The van der Waals surface area contributed by atoms with Gasteiger partial charge in [0.15, 0.2) is 0 Å². The van der Waals surface area contributed by atoms with Gasteiger partial charge in [-0.2, -0.15) is 0 Å². The topological polar surface area (TPSA) is 42.1 Å². The molecule has 4 heteroatoms. The van der Waals surface area contributed by atoms with Crippen LogP contribution < -0.4 is 10.6 Å². The summed E-state index contributed by atoms with van der Waals surface area (Å²) in [5, 5.41) is 0. The van der Waals surface area contributed by atoms with E-state index in [4.69, 9.17) is 5.73 Å². The van der Waals surface area contributed by atoms with Crippen molar-refractivity contribution in [2.45, 2.75) is 19.4 Å². The molecule has 1 aromatic carbocycles. The molecule has 0 amide bonds. The first-order chi connectivity index (χ1) is 9.13. The molecule has 1 aromatic heterocycles. The minimum Gasteiger partial charge on any atom is -0.341 e. The Kier molecular flexibility index (Phi) is 4.12. The molecule has 0 bridgehead atoms. The predicted octanol–water partition coefficient (Wildman–Crippen LogP) is 3.40. The minimum atomic E-state index is -0.251. The molecule has 1 heterocycles. The molecule has 0 radical (unpaired) electrons. The standard InChI is InChI=1S/C15H18FN3/c1-3-13(17)14-9-8-11(10-18-14)19(2)15-7-5-4-6-12(15)16/h4-10,13H,3,17H2,1-2H3/t13-/m0/s1. The maximum atomic E-state index is 13.7. The monoisotopic (exact) mass is 259 g/mol. The van der Waals surface area contributed by atoms with Crippen LogP contribution in [0, 0.1) is 5.82 Å². The summed E-state index contributed by atoms with van der Waals surface area (Å²) in [6.45, 7) is 2.02. The van der Waals surface area contributed by atoms with E-state index in [0.29, 0.717) is 5.69 Å². The van der Waals surface area contributed by atoms with Gasteiger partial charge in [-0.15, -0.1) is 0 Å². The zero-order chi connectivity index (χ0) is 13.8. The Labute approximate surface area is 112 Å². The van der Waals surface area contributed by atoms with Crippen LogP contribution in [0.4, 0.5) is 15.8 Å². The van der Waals surface area contributed by atoms with Gasteiger partial charge in [-0.25, -0.2) is 4.39 Å². The summed E-state index contributed by atoms with van der Waals surface area (Å²) in [5.74, 6) is -0.251. The highest BCUT2D eigenvalue weighted by Gasteiger charge is 2.10. The number of pyridine rings is 1. The molecule has 0 aliphatic heterocycles. The molecule has 0 fully saturated rings. The summed E-state index contributed by atoms with van der Waals surface area (Å²) in [6, 6.07) is 10.4. The summed E-state index contributed by atoms with van der Waals surface area (Å²) in [7, 11) is 1.81. The molecule has 0 unspecified atom stereocenters. The lowest BCUT2D eigenvalue weighted by Crippen LogP contribution is -2.14. The van der Waals surface area contributed by atoms with Crippen molar-refractivity contribution in [1.29, 1.82) is 0 Å². The summed E-state index contributed by atoms with van der Waals surface area (Å²) in [4.78, 5) is 6.10. The van der Waals surface area contributed by atoms with E-state index < -0.39 is 0 Å². The Hall–Kier alpha value is -1.94. The molecular weight excluding hydrogens is 241 g/mol. The van der Waals surface area contributed by atoms with Gasteiger partial charge in [0.2, 0.25) is 0 Å². The number of anilines is 2. The van der Waals surface area contributed by atoms with Crippen LogP contribution >= 0.6 is 0 Å². The van der Waals surface area contributed by atoms with Crippen LogP contribution in [-0.2, 0) is 0 Å². The zero-order valence-electron chi connectivity index (χ0n) is 11.2. The van der Waals surface area contributed by atoms with Crippen molar-refractivity contribution in [3.8, 4) is 0 Å². The molecule has 100 valence electrons. The third-order valence-corrected chi connectivity index (χ3v) is 3.19. The second kappa shape index (κ2) is 5.80. The molecule has 1 atom stereocenters. The highest BCUT2D eigenvalue weighted by Crippen LogP contribution is 2.26. The molecule has 2 rings (SSSR count). The van der Waals surface area contributed by atoms with E-state index >= 15 is 0 Å². The molecular formula is C15H18FN3. The van der Waals surface area contributed by atoms with Gasteiger partial charge in [-0.3, -0.25) is 4.98 Å². The van der Waals surface area contributed by atoms with Crippen molar-refractivity contribution in [3.05, 3.63) is 54.1 Å². The van der Waals surface area contributed by atoms with E-state index in [0.717, 1.165) is 17.8 Å². The molecule has 0 saturated carbocycles. The lowest BCUT2D eigenvalue weighted by atomic mass is 10.1. The van der Waals surface area contributed by atoms with E-state index in [-0.39, 0.29) is 11.9 Å². The Morgan fingerprint density at radius 1 is 1.26 bits per heavy atom. The van der Waals surface area contributed by atoms with Crippen molar-refractivity contribution >= 4 is 11.4 Å². The average Bonchev–Trinajstić information content (AvgIpc) is 2.46. The third-order valence-electron chi connectivity index (χ3n) is 3.19. The van der Waals surface area contributed by atoms with Crippen molar-refractivity contribution in [2.24, 2.45) is 5.73 Å². The number of hydrogen-bond acceptors (Lipinski definition) is 3. The number of halogens is 1. The lowest BCUT2D eigenvalue weighted by molar-refractivity contribution is 0.627. The van der Waals surface area contributed by atoms with Gasteiger partial charge >= 0.3 is 0 Å². The van der Waals surface area contributed by atoms with Crippen LogP contribution in [0.2, 0.25) is 0 Å². The van der Waals surface area contributed by atoms with E-state index in [1.54, 1.807) is 23.2 Å². The van der Waals surface area contributed by atoms with Crippen LogP contribution in [0.5, 0.6) is 0 Å². The zero-order valence-corrected chi connectivity index (χ0v) is 11.2. The van der Waals surface area contributed by atoms with Crippen molar-refractivity contribution in [3.63, 3.8) is 0 Å². The second-order valence-electron chi connectivity index (χ2n) is 4.47. The third kappa shape index (κ3) is 2.90. The Bertz CT molecular complexity index is 539. The average molecular weight is 259 g/mol. The van der Waals surface area contributed by atoms with E-state index in [1.807, 2.05) is 32.2 Å². The fraction of sp³-hybridized carbons (Fsp3) is 0.267. The maximum Gasteiger partial charge on any atom is 0.146 e. The summed E-state index contributed by atoms with van der Waals surface area (Å²) < 4.78 is 13.7. The molecule has 2 N–H and O–H groups in total. The van der Waals surface area contributed by atoms with Gasteiger partial charge < -0.3 is 10.6 Å². The second-order valence-corrected chi connectivity index (χ2v) is 4.47. The Morgan fingerprint density at radius 3 is 2.58 bits per heavy atom. The van der Waals surface area contributed by atoms with Crippen LogP contribution in [0.25, 0.3) is 0 Å². The molecule has 0 aliphatic rings. The van der Waals surface area contributed by atoms with Crippen LogP contribution in [0.1, 0.15) is 25.1 Å². The highest BCUT2D eigenvalue weighted by molar-refractivity contribution is 5.62. The molecule has 0 aliphatic carbocycles. The number of hydrogen-bond donors (Lipinski definition) is 1. The summed E-state index contributed by atoms with van der Waals surface area (Å²) in [5.41, 5.74) is 8.13. The quantitative estimate of drug-likeness (QED) is 0.915. The van der Waals surface area contributed by atoms with Crippen LogP contribution in [-0.4, -0.2) is 12.0 Å². The first-order valence-electron chi connectivity index (χ1n) is 6.33. The maximum absolute atomic E-state index is 13.7. The van der Waals surface area contributed by atoms with Gasteiger partial charge in [0.25, 0.3) is 0 Å². The predicted molar refractivity (Wildman–Crippen MR) is 75.9 cm³/mol. The normalized spacial score (nSPS) is 12.2. The van der Waals surface area contributed by atoms with Gasteiger partial charge in [0.05, 0.1) is 23.3 Å². The van der Waals surface area contributed by atoms with Crippen LogP contribution in [0.15, 0.2) is 42.6 Å². The van der Waals surface area contributed by atoms with E-state index in [9.17, 15) is 4.39 Å². The molecule has 0 spiro atoms. The smallest absolute Gasteiger partial charge is 0.146 e. The lowest BCUT2D eigenvalue weighted by Gasteiger charge is -2.20. The van der Waals surface area contributed by atoms with E-state index in [2.05, 4.69) is 4.98 Å². The number of rotatable bonds is 4. The molecule has 3 nitrogen and oxygen atoms in total. The minimum absolute atomic E-state index is 0.0483. The van der Waals surface area contributed by atoms with Gasteiger partial charge in [-0.1, -0.05) is 19.1 Å². The fourth-order valence-corrected chi connectivity index (χ4v) is 1.89. The molecule has 19 heavy (non-hydrogen) atoms. The van der Waals surface area contributed by atoms with Crippen molar-refractivity contribution in [1.82, 2.24) is 4.98 Å². The van der Waals surface area contributed by atoms with Gasteiger partial charge in [-0.05, 0) is 30.7 Å². The Balaban J connectivity index is 2.25. The number of aromatic nitrogens is 1. The molecule has 0 saturated heterocycles. The largest absolute Gasteiger partial charge is 0.341 e. The fourth-order valence-electron chi connectivity index (χ4n) is 1.89. The van der Waals surface area contributed by atoms with Crippen molar-refractivity contribution < 1.29 is 4.39 Å². The number of benzene rings is 1. The number of nitrogens with zero attached hydrogens (tertiary/aromatic N) is 2. The number of nitrogens with two attached hydrogens (primary N) is 1. The van der Waals surface area contributed by atoms with Gasteiger partial charge in [0.1, 0.15) is 5.82 Å². The molecule has 2 aromatic rings.